The SMILES string of the molecule is COCCOc1ccccc1C(=O)c1cc(Br)cc(Br)c1. The Bertz CT molecular complexity index is 621. The summed E-state index contributed by atoms with van der Waals surface area (Å²) in [7, 11) is 1.61. The van der Waals surface area contributed by atoms with E-state index in [4.69, 9.17) is 9.47 Å². The van der Waals surface area contributed by atoms with E-state index in [-0.39, 0.29) is 5.78 Å². The van der Waals surface area contributed by atoms with Crippen molar-refractivity contribution in [3.8, 4) is 5.75 Å². The predicted molar refractivity (Wildman–Crippen MR) is 89.1 cm³/mol. The number of hydrogen-bond acceptors (Lipinski definition) is 3. The molecule has 0 fully saturated rings. The van der Waals surface area contributed by atoms with Gasteiger partial charge in [0.25, 0.3) is 0 Å². The van der Waals surface area contributed by atoms with Gasteiger partial charge in [0.15, 0.2) is 5.78 Å². The van der Waals surface area contributed by atoms with Crippen molar-refractivity contribution in [2.24, 2.45) is 0 Å². The largest absolute Gasteiger partial charge is 0.490 e. The van der Waals surface area contributed by atoms with E-state index in [1.807, 2.05) is 18.2 Å². The van der Waals surface area contributed by atoms with Crippen molar-refractivity contribution < 1.29 is 14.3 Å². The summed E-state index contributed by atoms with van der Waals surface area (Å²) in [4.78, 5) is 12.7. The van der Waals surface area contributed by atoms with Gasteiger partial charge >= 0.3 is 0 Å². The molecule has 0 aliphatic rings. The van der Waals surface area contributed by atoms with Crippen molar-refractivity contribution in [2.45, 2.75) is 0 Å². The highest BCUT2D eigenvalue weighted by Crippen LogP contribution is 2.25. The van der Waals surface area contributed by atoms with E-state index in [1.54, 1.807) is 31.4 Å². The second kappa shape index (κ2) is 7.73. The summed E-state index contributed by atoms with van der Waals surface area (Å²) < 4.78 is 12.3. The highest BCUT2D eigenvalue weighted by molar-refractivity contribution is 9.11. The minimum atomic E-state index is -0.0787. The Morgan fingerprint density at radius 3 is 2.38 bits per heavy atom. The van der Waals surface area contributed by atoms with Gasteiger partial charge in [0.05, 0.1) is 12.2 Å². The second-order valence-electron chi connectivity index (χ2n) is 4.32. The van der Waals surface area contributed by atoms with Crippen LogP contribution in [0.3, 0.4) is 0 Å². The van der Waals surface area contributed by atoms with E-state index in [0.717, 1.165) is 8.95 Å². The van der Waals surface area contributed by atoms with Crippen molar-refractivity contribution in [1.29, 1.82) is 0 Å². The first-order valence-electron chi connectivity index (χ1n) is 6.33. The number of ether oxygens (including phenoxy) is 2. The van der Waals surface area contributed by atoms with Crippen LogP contribution in [-0.4, -0.2) is 26.1 Å². The molecule has 2 aromatic carbocycles. The number of rotatable bonds is 6. The zero-order valence-corrected chi connectivity index (χ0v) is 14.6. The number of para-hydroxylation sites is 1. The van der Waals surface area contributed by atoms with Crippen LogP contribution in [0.2, 0.25) is 0 Å². The molecular weight excluding hydrogens is 400 g/mol. The van der Waals surface area contributed by atoms with Gasteiger partial charge in [0.2, 0.25) is 0 Å². The lowest BCUT2D eigenvalue weighted by atomic mass is 10.0. The maximum atomic E-state index is 12.7. The Morgan fingerprint density at radius 1 is 1.05 bits per heavy atom. The molecule has 0 aliphatic heterocycles. The topological polar surface area (TPSA) is 35.5 Å². The molecule has 2 aromatic rings. The van der Waals surface area contributed by atoms with Gasteiger partial charge in [0.1, 0.15) is 12.4 Å². The molecule has 5 heteroatoms. The summed E-state index contributed by atoms with van der Waals surface area (Å²) >= 11 is 6.79. The molecule has 2 rings (SSSR count). The number of carbonyl (C=O) groups is 1. The fourth-order valence-corrected chi connectivity index (χ4v) is 3.15. The van der Waals surface area contributed by atoms with Gasteiger partial charge in [-0.2, -0.15) is 0 Å². The first-order chi connectivity index (χ1) is 10.1. The van der Waals surface area contributed by atoms with Crippen molar-refractivity contribution in [3.63, 3.8) is 0 Å². The molecule has 0 aliphatic carbocycles. The number of halogens is 2. The van der Waals surface area contributed by atoms with E-state index in [2.05, 4.69) is 31.9 Å². The Labute approximate surface area is 140 Å². The lowest BCUT2D eigenvalue weighted by Crippen LogP contribution is -2.09. The molecule has 0 unspecified atom stereocenters. The number of hydrogen-bond donors (Lipinski definition) is 0. The molecule has 0 amide bonds. The minimum Gasteiger partial charge on any atom is -0.490 e. The summed E-state index contributed by atoms with van der Waals surface area (Å²) in [6.07, 6.45) is 0. The smallest absolute Gasteiger partial charge is 0.196 e. The predicted octanol–water partition coefficient (Wildman–Crippen LogP) is 4.47. The maximum Gasteiger partial charge on any atom is 0.196 e. The number of benzene rings is 2. The van der Waals surface area contributed by atoms with Gasteiger partial charge in [-0.25, -0.2) is 0 Å². The van der Waals surface area contributed by atoms with Crippen LogP contribution in [0.1, 0.15) is 15.9 Å². The van der Waals surface area contributed by atoms with Gasteiger partial charge in [0, 0.05) is 21.6 Å². The van der Waals surface area contributed by atoms with E-state index in [1.165, 1.54) is 0 Å². The quantitative estimate of drug-likeness (QED) is 0.517. The monoisotopic (exact) mass is 412 g/mol. The third-order valence-electron chi connectivity index (χ3n) is 2.80. The molecule has 0 saturated carbocycles. The van der Waals surface area contributed by atoms with E-state index in [9.17, 15) is 4.79 Å². The van der Waals surface area contributed by atoms with Crippen molar-refractivity contribution in [3.05, 3.63) is 62.5 Å². The molecule has 0 bridgehead atoms. The Hall–Kier alpha value is -1.17. The third-order valence-corrected chi connectivity index (χ3v) is 3.72. The highest BCUT2D eigenvalue weighted by Gasteiger charge is 2.15. The van der Waals surface area contributed by atoms with Gasteiger partial charge in [-0.3, -0.25) is 4.79 Å². The average Bonchev–Trinajstić information content (AvgIpc) is 2.46. The first kappa shape index (κ1) is 16.2. The molecule has 0 N–H and O–H groups in total. The zero-order chi connectivity index (χ0) is 15.2. The first-order valence-corrected chi connectivity index (χ1v) is 7.92. The van der Waals surface area contributed by atoms with Gasteiger partial charge in [-0.15, -0.1) is 0 Å². The van der Waals surface area contributed by atoms with Crippen molar-refractivity contribution in [2.75, 3.05) is 20.3 Å². The zero-order valence-electron chi connectivity index (χ0n) is 11.4. The van der Waals surface area contributed by atoms with Crippen LogP contribution in [0.5, 0.6) is 5.75 Å². The molecule has 110 valence electrons. The minimum absolute atomic E-state index is 0.0787. The van der Waals surface area contributed by atoms with Crippen LogP contribution in [0.15, 0.2) is 51.4 Å². The molecule has 0 spiro atoms. The fourth-order valence-electron chi connectivity index (χ4n) is 1.86. The van der Waals surface area contributed by atoms with Gasteiger partial charge in [-0.05, 0) is 30.3 Å². The van der Waals surface area contributed by atoms with Gasteiger partial charge < -0.3 is 9.47 Å². The van der Waals surface area contributed by atoms with Crippen LogP contribution < -0.4 is 4.74 Å². The molecule has 3 nitrogen and oxygen atoms in total. The van der Waals surface area contributed by atoms with E-state index < -0.39 is 0 Å². The number of carbonyl (C=O) groups excluding carboxylic acids is 1. The summed E-state index contributed by atoms with van der Waals surface area (Å²) in [5.74, 6) is 0.487. The van der Waals surface area contributed by atoms with E-state index in [0.29, 0.717) is 30.1 Å². The highest BCUT2D eigenvalue weighted by atomic mass is 79.9. The fraction of sp³-hybridized carbons (Fsp3) is 0.188. The Kier molecular flexibility index (Phi) is 5.96. The molecular formula is C16H14Br2O3. The lowest BCUT2D eigenvalue weighted by Gasteiger charge is -2.11. The summed E-state index contributed by atoms with van der Waals surface area (Å²) in [6, 6.07) is 12.7. The van der Waals surface area contributed by atoms with Crippen LogP contribution in [0, 0.1) is 0 Å². The molecule has 0 saturated heterocycles. The molecule has 0 heterocycles. The summed E-state index contributed by atoms with van der Waals surface area (Å²) in [6.45, 7) is 0.883. The molecule has 0 radical (unpaired) electrons. The number of ketones is 1. The Balaban J connectivity index is 2.30. The second-order valence-corrected chi connectivity index (χ2v) is 6.16. The van der Waals surface area contributed by atoms with Crippen molar-refractivity contribution in [1.82, 2.24) is 0 Å². The molecule has 0 atom stereocenters. The maximum absolute atomic E-state index is 12.7. The van der Waals surface area contributed by atoms with Crippen molar-refractivity contribution >= 4 is 37.6 Å². The van der Waals surface area contributed by atoms with Crippen LogP contribution in [-0.2, 0) is 4.74 Å². The summed E-state index contributed by atoms with van der Waals surface area (Å²) in [5.41, 5.74) is 1.14. The molecule has 21 heavy (non-hydrogen) atoms. The normalized spacial score (nSPS) is 10.4. The van der Waals surface area contributed by atoms with Gasteiger partial charge in [-0.1, -0.05) is 44.0 Å². The summed E-state index contributed by atoms with van der Waals surface area (Å²) in [5, 5.41) is 0. The van der Waals surface area contributed by atoms with Crippen LogP contribution >= 0.6 is 31.9 Å². The Morgan fingerprint density at radius 2 is 1.71 bits per heavy atom. The standard InChI is InChI=1S/C16H14Br2O3/c1-20-6-7-21-15-5-3-2-4-14(15)16(19)11-8-12(17)10-13(18)9-11/h2-5,8-10H,6-7H2,1H3. The van der Waals surface area contributed by atoms with Crippen LogP contribution in [0.4, 0.5) is 0 Å². The average molecular weight is 414 g/mol. The lowest BCUT2D eigenvalue weighted by molar-refractivity contribution is 0.103. The third kappa shape index (κ3) is 4.40. The van der Waals surface area contributed by atoms with E-state index >= 15 is 0 Å². The van der Waals surface area contributed by atoms with Crippen LogP contribution in [0.25, 0.3) is 0 Å². The number of methoxy groups -OCH3 is 1. The molecule has 0 aromatic heterocycles.